The minimum Gasteiger partial charge on any atom is -0.446 e. The van der Waals surface area contributed by atoms with Crippen LogP contribution in [0.3, 0.4) is 0 Å². The van der Waals surface area contributed by atoms with Gasteiger partial charge in [-0.15, -0.1) is 0 Å². The Labute approximate surface area is 122 Å². The van der Waals surface area contributed by atoms with Gasteiger partial charge in [0.2, 0.25) is 0 Å². The van der Waals surface area contributed by atoms with Gasteiger partial charge in [0, 0.05) is 5.92 Å². The fourth-order valence-electron chi connectivity index (χ4n) is 2.68. The topological polar surface area (TPSA) is 72.8 Å². The number of benzene rings is 2. The summed E-state index contributed by atoms with van der Waals surface area (Å²) in [5.41, 5.74) is 4.35. The lowest BCUT2D eigenvalue weighted by atomic mass is 9.98. The van der Waals surface area contributed by atoms with Gasteiger partial charge in [0.1, 0.15) is 6.61 Å². The third-order valence-electron chi connectivity index (χ3n) is 3.49. The molecule has 0 aromatic heterocycles. The van der Waals surface area contributed by atoms with Crippen molar-refractivity contribution in [1.29, 1.82) is 0 Å². The van der Waals surface area contributed by atoms with Crippen LogP contribution in [0.2, 0.25) is 0 Å². The molecular formula is C15H11NO4S. The van der Waals surface area contributed by atoms with Crippen molar-refractivity contribution < 1.29 is 17.9 Å². The average molecular weight is 301 g/mol. The van der Waals surface area contributed by atoms with Gasteiger partial charge in [-0.2, -0.15) is 8.42 Å². The predicted octanol–water partition coefficient (Wildman–Crippen LogP) is 3.00. The van der Waals surface area contributed by atoms with Crippen molar-refractivity contribution in [3.8, 4) is 11.1 Å². The summed E-state index contributed by atoms with van der Waals surface area (Å²) in [7, 11) is -2.79. The first-order chi connectivity index (χ1) is 10.2. The number of carbonyl (C=O) groups is 1. The van der Waals surface area contributed by atoms with Gasteiger partial charge >= 0.3 is 16.6 Å². The zero-order valence-electron chi connectivity index (χ0n) is 10.9. The third kappa shape index (κ3) is 2.57. The zero-order chi connectivity index (χ0) is 14.8. The molecule has 0 N–H and O–H groups in total. The van der Waals surface area contributed by atoms with Crippen molar-refractivity contribution in [3.63, 3.8) is 0 Å². The second-order valence-corrected chi connectivity index (χ2v) is 5.23. The summed E-state index contributed by atoms with van der Waals surface area (Å²) in [6, 6.07) is 15.8. The molecule has 1 aliphatic carbocycles. The van der Waals surface area contributed by atoms with E-state index in [4.69, 9.17) is 4.74 Å². The van der Waals surface area contributed by atoms with Crippen LogP contribution in [-0.4, -0.2) is 21.1 Å². The Kier molecular flexibility index (Phi) is 3.53. The van der Waals surface area contributed by atoms with E-state index in [1.165, 1.54) is 0 Å². The SMILES string of the molecule is O=C(N=S(=O)=O)OCC1c2ccccc2-c2ccccc21. The Hall–Kier alpha value is -2.47. The maximum atomic E-state index is 11.3. The maximum Gasteiger partial charge on any atom is 0.448 e. The summed E-state index contributed by atoms with van der Waals surface area (Å²) in [6.07, 6.45) is -1.09. The largest absolute Gasteiger partial charge is 0.448 e. The van der Waals surface area contributed by atoms with Crippen molar-refractivity contribution in [2.75, 3.05) is 6.61 Å². The highest BCUT2D eigenvalue weighted by atomic mass is 32.2. The molecule has 1 aliphatic rings. The molecule has 0 fully saturated rings. The molecule has 0 unspecified atom stereocenters. The first-order valence-corrected chi connectivity index (χ1v) is 7.36. The molecule has 0 saturated heterocycles. The smallest absolute Gasteiger partial charge is 0.446 e. The van der Waals surface area contributed by atoms with Crippen LogP contribution in [0.25, 0.3) is 11.1 Å². The van der Waals surface area contributed by atoms with Gasteiger partial charge in [-0.05, 0) is 22.3 Å². The van der Waals surface area contributed by atoms with Crippen LogP contribution in [0, 0.1) is 0 Å². The second-order valence-electron chi connectivity index (χ2n) is 4.61. The van der Waals surface area contributed by atoms with Crippen LogP contribution >= 0.6 is 0 Å². The summed E-state index contributed by atoms with van der Waals surface area (Å²) in [5, 5.41) is 0. The fourth-order valence-corrected chi connectivity index (χ4v) is 2.86. The monoisotopic (exact) mass is 301 g/mol. The molecule has 2 aromatic carbocycles. The summed E-state index contributed by atoms with van der Waals surface area (Å²) in [5.74, 6) is -0.100. The Balaban J connectivity index is 1.92. The standard InChI is InChI=1S/C15H11NO4S/c17-15(16-21(18)19)20-9-14-12-7-3-1-5-10(12)11-6-2-4-8-13(11)14/h1-8,14H,9H2. The highest BCUT2D eigenvalue weighted by Gasteiger charge is 2.28. The van der Waals surface area contributed by atoms with Gasteiger partial charge in [0.15, 0.2) is 0 Å². The summed E-state index contributed by atoms with van der Waals surface area (Å²) >= 11 is 0. The highest BCUT2D eigenvalue weighted by Crippen LogP contribution is 2.44. The number of ether oxygens (including phenoxy) is 1. The Bertz CT molecular complexity index is 789. The van der Waals surface area contributed by atoms with Crippen molar-refractivity contribution in [2.45, 2.75) is 5.92 Å². The third-order valence-corrected chi connectivity index (χ3v) is 3.78. The van der Waals surface area contributed by atoms with Crippen LogP contribution < -0.4 is 0 Å². The summed E-state index contributed by atoms with van der Waals surface area (Å²) < 4.78 is 28.4. The van der Waals surface area contributed by atoms with Crippen LogP contribution in [0.1, 0.15) is 17.0 Å². The number of hydrogen-bond donors (Lipinski definition) is 0. The highest BCUT2D eigenvalue weighted by molar-refractivity contribution is 7.62. The normalized spacial score (nSPS) is 12.4. The second kappa shape index (κ2) is 5.49. The molecule has 0 heterocycles. The summed E-state index contributed by atoms with van der Waals surface area (Å²) in [4.78, 5) is 11.3. The van der Waals surface area contributed by atoms with E-state index in [1.54, 1.807) is 0 Å². The molecule has 106 valence electrons. The molecule has 6 heteroatoms. The Morgan fingerprint density at radius 3 is 2.05 bits per heavy atom. The number of fused-ring (bicyclic) bond motifs is 3. The van der Waals surface area contributed by atoms with Gasteiger partial charge in [-0.25, -0.2) is 4.79 Å². The lowest BCUT2D eigenvalue weighted by molar-refractivity contribution is 0.154. The molecule has 5 nitrogen and oxygen atoms in total. The molecule has 0 bridgehead atoms. The maximum absolute atomic E-state index is 11.3. The van der Waals surface area contributed by atoms with Gasteiger partial charge in [0.05, 0.1) is 0 Å². The van der Waals surface area contributed by atoms with Crippen molar-refractivity contribution in [1.82, 2.24) is 0 Å². The lowest BCUT2D eigenvalue weighted by Gasteiger charge is -2.12. The first-order valence-electron chi connectivity index (χ1n) is 6.33. The molecule has 2 aromatic rings. The lowest BCUT2D eigenvalue weighted by Crippen LogP contribution is -2.09. The number of hydrogen-bond acceptors (Lipinski definition) is 4. The Morgan fingerprint density at radius 1 is 1.00 bits per heavy atom. The predicted molar refractivity (Wildman–Crippen MR) is 76.4 cm³/mol. The van der Waals surface area contributed by atoms with E-state index < -0.39 is 16.6 Å². The van der Waals surface area contributed by atoms with Crippen LogP contribution in [0.5, 0.6) is 0 Å². The molecule has 0 spiro atoms. The number of rotatable bonds is 2. The molecular weight excluding hydrogens is 290 g/mol. The molecule has 21 heavy (non-hydrogen) atoms. The van der Waals surface area contributed by atoms with Gasteiger partial charge < -0.3 is 4.74 Å². The van der Waals surface area contributed by atoms with E-state index in [0.717, 1.165) is 22.3 Å². The van der Waals surface area contributed by atoms with Gasteiger partial charge in [-0.1, -0.05) is 52.9 Å². The minimum atomic E-state index is -2.79. The molecule has 0 radical (unpaired) electrons. The van der Waals surface area contributed by atoms with Crippen LogP contribution in [0.4, 0.5) is 4.79 Å². The zero-order valence-corrected chi connectivity index (χ0v) is 11.7. The van der Waals surface area contributed by atoms with E-state index >= 15 is 0 Å². The van der Waals surface area contributed by atoms with Crippen LogP contribution in [-0.2, 0) is 15.2 Å². The summed E-state index contributed by atoms with van der Waals surface area (Å²) in [6.45, 7) is 0.0631. The minimum absolute atomic E-state index is 0.0631. The quantitative estimate of drug-likeness (QED) is 0.854. The van der Waals surface area contributed by atoms with E-state index in [0.29, 0.717) is 0 Å². The van der Waals surface area contributed by atoms with Crippen LogP contribution in [0.15, 0.2) is 52.9 Å². The first kappa shape index (κ1) is 13.5. The number of nitrogens with zero attached hydrogens (tertiary/aromatic N) is 1. The molecule has 0 atom stereocenters. The Morgan fingerprint density at radius 2 is 1.52 bits per heavy atom. The number of carbonyl (C=O) groups excluding carboxylic acids is 1. The van der Waals surface area contributed by atoms with Crippen molar-refractivity contribution in [2.24, 2.45) is 4.36 Å². The molecule has 0 aliphatic heterocycles. The number of amides is 1. The molecule has 1 amide bonds. The fraction of sp³-hybridized carbons (Fsp3) is 0.133. The van der Waals surface area contributed by atoms with E-state index in [9.17, 15) is 13.2 Å². The van der Waals surface area contributed by atoms with E-state index in [1.807, 2.05) is 48.5 Å². The van der Waals surface area contributed by atoms with E-state index in [2.05, 4.69) is 4.36 Å². The van der Waals surface area contributed by atoms with Gasteiger partial charge in [-0.3, -0.25) is 0 Å². The van der Waals surface area contributed by atoms with Crippen molar-refractivity contribution in [3.05, 3.63) is 59.7 Å². The van der Waals surface area contributed by atoms with Crippen molar-refractivity contribution >= 4 is 16.6 Å². The van der Waals surface area contributed by atoms with E-state index in [-0.39, 0.29) is 12.5 Å². The molecule has 0 saturated carbocycles. The molecule has 3 rings (SSSR count). The van der Waals surface area contributed by atoms with Gasteiger partial charge in [0.25, 0.3) is 0 Å². The average Bonchev–Trinajstić information content (AvgIpc) is 2.79.